The van der Waals surface area contributed by atoms with E-state index in [0.717, 1.165) is 21.7 Å². The van der Waals surface area contributed by atoms with Crippen LogP contribution in [0.4, 0.5) is 0 Å². The van der Waals surface area contributed by atoms with Crippen LogP contribution in [0.2, 0.25) is 0 Å². The third-order valence-corrected chi connectivity index (χ3v) is 3.96. The maximum Gasteiger partial charge on any atom is 0.244 e. The van der Waals surface area contributed by atoms with Crippen LogP contribution in [0, 0.1) is 0 Å². The van der Waals surface area contributed by atoms with E-state index >= 15 is 0 Å². The molecule has 3 rings (SSSR count). The molecule has 0 aliphatic heterocycles. The number of fused-ring (bicyclic) bond motifs is 1. The average Bonchev–Trinajstić information content (AvgIpc) is 3.14. The van der Waals surface area contributed by atoms with Crippen LogP contribution in [-0.4, -0.2) is 15.9 Å². The number of aromatic nitrogens is 2. The molecule has 1 atom stereocenters. The lowest BCUT2D eigenvalue weighted by molar-refractivity contribution is -0.117. The van der Waals surface area contributed by atoms with E-state index in [9.17, 15) is 4.79 Å². The zero-order valence-corrected chi connectivity index (χ0v) is 12.4. The Balaban J connectivity index is 1.67. The standard InChI is InChI=1S/C16H15N3OS/c1-11(16-18-13-6-2-3-7-14(13)19-16)17-15(20)9-8-12-5-4-10-21-12/h2-11H,1H3,(H,17,20)(H,18,19)/b9-8+. The SMILES string of the molecule is CC(NC(=O)/C=C/c1cccs1)c1nc2ccccc2[nH]1. The Labute approximate surface area is 126 Å². The first-order chi connectivity index (χ1) is 10.2. The smallest absolute Gasteiger partial charge is 0.244 e. The van der Waals surface area contributed by atoms with Crippen LogP contribution in [0.1, 0.15) is 23.7 Å². The lowest BCUT2D eigenvalue weighted by atomic mass is 10.3. The number of aromatic amines is 1. The molecule has 0 saturated carbocycles. The summed E-state index contributed by atoms with van der Waals surface area (Å²) in [5.74, 6) is 0.630. The molecule has 21 heavy (non-hydrogen) atoms. The van der Waals surface area contributed by atoms with Crippen molar-refractivity contribution in [2.24, 2.45) is 0 Å². The Kier molecular flexibility index (Phi) is 3.83. The van der Waals surface area contributed by atoms with E-state index in [1.165, 1.54) is 0 Å². The molecule has 0 bridgehead atoms. The summed E-state index contributed by atoms with van der Waals surface area (Å²) in [6.45, 7) is 1.91. The lowest BCUT2D eigenvalue weighted by Gasteiger charge is -2.08. The number of imidazole rings is 1. The molecule has 5 heteroatoms. The van der Waals surface area contributed by atoms with Crippen molar-refractivity contribution in [3.8, 4) is 0 Å². The summed E-state index contributed by atoms with van der Waals surface area (Å²) in [5, 5.41) is 4.89. The number of benzene rings is 1. The number of hydrogen-bond donors (Lipinski definition) is 2. The Morgan fingerprint density at radius 3 is 2.95 bits per heavy atom. The topological polar surface area (TPSA) is 57.8 Å². The van der Waals surface area contributed by atoms with Gasteiger partial charge in [-0.1, -0.05) is 18.2 Å². The van der Waals surface area contributed by atoms with E-state index in [1.54, 1.807) is 17.4 Å². The van der Waals surface area contributed by atoms with E-state index in [4.69, 9.17) is 0 Å². The van der Waals surface area contributed by atoms with Crippen LogP contribution < -0.4 is 5.32 Å². The van der Waals surface area contributed by atoms with Crippen molar-refractivity contribution in [2.75, 3.05) is 0 Å². The second-order valence-electron chi connectivity index (χ2n) is 4.72. The molecular weight excluding hydrogens is 282 g/mol. The number of H-pyrrole nitrogens is 1. The number of carbonyl (C=O) groups excluding carboxylic acids is 1. The highest BCUT2D eigenvalue weighted by Gasteiger charge is 2.11. The summed E-state index contributed by atoms with van der Waals surface area (Å²) in [7, 11) is 0. The van der Waals surface area contributed by atoms with Gasteiger partial charge in [0.15, 0.2) is 0 Å². The maximum atomic E-state index is 11.9. The Morgan fingerprint density at radius 2 is 2.19 bits per heavy atom. The maximum absolute atomic E-state index is 11.9. The van der Waals surface area contributed by atoms with E-state index in [0.29, 0.717) is 0 Å². The van der Waals surface area contributed by atoms with Gasteiger partial charge in [-0.2, -0.15) is 0 Å². The van der Waals surface area contributed by atoms with Gasteiger partial charge in [-0.25, -0.2) is 4.98 Å². The second-order valence-corrected chi connectivity index (χ2v) is 5.70. The van der Waals surface area contributed by atoms with E-state index in [1.807, 2.05) is 54.8 Å². The quantitative estimate of drug-likeness (QED) is 0.724. The lowest BCUT2D eigenvalue weighted by Crippen LogP contribution is -2.25. The highest BCUT2D eigenvalue weighted by molar-refractivity contribution is 7.10. The van der Waals surface area contributed by atoms with Gasteiger partial charge in [0.25, 0.3) is 0 Å². The minimum atomic E-state index is -0.169. The molecular formula is C16H15N3OS. The molecule has 0 fully saturated rings. The number of amides is 1. The predicted molar refractivity (Wildman–Crippen MR) is 86.0 cm³/mol. The van der Waals surface area contributed by atoms with Gasteiger partial charge in [0.1, 0.15) is 5.82 Å². The molecule has 1 aromatic carbocycles. The van der Waals surface area contributed by atoms with Crippen LogP contribution in [0.15, 0.2) is 47.9 Å². The number of rotatable bonds is 4. The molecule has 0 radical (unpaired) electrons. The van der Waals surface area contributed by atoms with Crippen molar-refractivity contribution >= 4 is 34.4 Å². The molecule has 2 N–H and O–H groups in total. The summed E-state index contributed by atoms with van der Waals surface area (Å²) in [5.41, 5.74) is 1.88. The molecule has 0 aliphatic carbocycles. The van der Waals surface area contributed by atoms with E-state index in [-0.39, 0.29) is 11.9 Å². The Bertz CT molecular complexity index is 741. The van der Waals surface area contributed by atoms with Gasteiger partial charge in [0.2, 0.25) is 5.91 Å². The minimum Gasteiger partial charge on any atom is -0.343 e. The van der Waals surface area contributed by atoms with Crippen molar-refractivity contribution in [1.82, 2.24) is 15.3 Å². The van der Waals surface area contributed by atoms with Gasteiger partial charge >= 0.3 is 0 Å². The van der Waals surface area contributed by atoms with Gasteiger partial charge in [-0.15, -0.1) is 11.3 Å². The van der Waals surface area contributed by atoms with E-state index in [2.05, 4.69) is 15.3 Å². The van der Waals surface area contributed by atoms with Crippen molar-refractivity contribution in [3.63, 3.8) is 0 Å². The first-order valence-electron chi connectivity index (χ1n) is 6.69. The number of hydrogen-bond acceptors (Lipinski definition) is 3. The first kappa shape index (κ1) is 13.6. The molecule has 4 nitrogen and oxygen atoms in total. The molecule has 1 amide bonds. The third kappa shape index (κ3) is 3.20. The molecule has 0 saturated heterocycles. The van der Waals surface area contributed by atoms with Crippen molar-refractivity contribution in [2.45, 2.75) is 13.0 Å². The second kappa shape index (κ2) is 5.93. The number of nitrogens with one attached hydrogen (secondary N) is 2. The zero-order chi connectivity index (χ0) is 14.7. The van der Waals surface area contributed by atoms with Crippen LogP contribution in [0.25, 0.3) is 17.1 Å². The van der Waals surface area contributed by atoms with Crippen LogP contribution in [0.3, 0.4) is 0 Å². The first-order valence-corrected chi connectivity index (χ1v) is 7.57. The van der Waals surface area contributed by atoms with Gasteiger partial charge in [0.05, 0.1) is 17.1 Å². The van der Waals surface area contributed by atoms with Crippen molar-refractivity contribution < 1.29 is 4.79 Å². The van der Waals surface area contributed by atoms with Gasteiger partial charge < -0.3 is 10.3 Å². The molecule has 3 aromatic rings. The summed E-state index contributed by atoms with van der Waals surface area (Å²) in [4.78, 5) is 20.7. The molecule has 2 heterocycles. The third-order valence-electron chi connectivity index (χ3n) is 3.12. The normalized spacial score (nSPS) is 12.8. The number of carbonyl (C=O) groups is 1. The van der Waals surface area contributed by atoms with Gasteiger partial charge in [-0.05, 0) is 36.6 Å². The van der Waals surface area contributed by atoms with Gasteiger partial charge in [-0.3, -0.25) is 4.79 Å². The largest absolute Gasteiger partial charge is 0.343 e. The fourth-order valence-corrected chi connectivity index (χ4v) is 2.67. The molecule has 2 aromatic heterocycles. The molecule has 1 unspecified atom stereocenters. The van der Waals surface area contributed by atoms with Crippen LogP contribution in [0.5, 0.6) is 0 Å². The molecule has 106 valence electrons. The Morgan fingerprint density at radius 1 is 1.33 bits per heavy atom. The molecule has 0 aliphatic rings. The number of para-hydroxylation sites is 2. The summed E-state index contributed by atoms with van der Waals surface area (Å²) >= 11 is 1.60. The summed E-state index contributed by atoms with van der Waals surface area (Å²) in [6.07, 6.45) is 3.36. The highest BCUT2D eigenvalue weighted by Crippen LogP contribution is 2.15. The predicted octanol–water partition coefficient (Wildman–Crippen LogP) is 3.52. The van der Waals surface area contributed by atoms with Crippen LogP contribution >= 0.6 is 11.3 Å². The average molecular weight is 297 g/mol. The fourth-order valence-electron chi connectivity index (χ4n) is 2.05. The van der Waals surface area contributed by atoms with Crippen molar-refractivity contribution in [3.05, 3.63) is 58.6 Å². The monoisotopic (exact) mass is 297 g/mol. The van der Waals surface area contributed by atoms with Crippen molar-refractivity contribution in [1.29, 1.82) is 0 Å². The zero-order valence-electron chi connectivity index (χ0n) is 11.5. The van der Waals surface area contributed by atoms with Gasteiger partial charge in [0, 0.05) is 11.0 Å². The number of nitrogens with zero attached hydrogens (tertiary/aromatic N) is 1. The fraction of sp³-hybridized carbons (Fsp3) is 0.125. The summed E-state index contributed by atoms with van der Waals surface area (Å²) < 4.78 is 0. The molecule has 0 spiro atoms. The minimum absolute atomic E-state index is 0.128. The van der Waals surface area contributed by atoms with Crippen LogP contribution in [-0.2, 0) is 4.79 Å². The Hall–Kier alpha value is -2.40. The van der Waals surface area contributed by atoms with E-state index < -0.39 is 0 Å². The summed E-state index contributed by atoms with van der Waals surface area (Å²) in [6, 6.07) is 11.6. The highest BCUT2D eigenvalue weighted by atomic mass is 32.1. The number of thiophene rings is 1.